The summed E-state index contributed by atoms with van der Waals surface area (Å²) >= 11 is 5.89. The summed E-state index contributed by atoms with van der Waals surface area (Å²) in [6, 6.07) is 0. The van der Waals surface area contributed by atoms with Gasteiger partial charge in [0.1, 0.15) is 17.0 Å². The van der Waals surface area contributed by atoms with Gasteiger partial charge in [-0.15, -0.1) is 0 Å². The Labute approximate surface area is 109 Å². The van der Waals surface area contributed by atoms with Crippen molar-refractivity contribution in [3.8, 4) is 5.88 Å². The lowest BCUT2D eigenvalue weighted by atomic mass is 10.3. The third kappa shape index (κ3) is 2.89. The van der Waals surface area contributed by atoms with Crippen molar-refractivity contribution in [2.45, 2.75) is 20.4 Å². The Morgan fingerprint density at radius 3 is 3.00 bits per heavy atom. The number of rotatable bonds is 5. The molecule has 0 aliphatic rings. The van der Waals surface area contributed by atoms with Crippen LogP contribution < -0.4 is 10.1 Å². The van der Waals surface area contributed by atoms with Crippen LogP contribution in [-0.2, 0) is 6.54 Å². The van der Waals surface area contributed by atoms with E-state index in [2.05, 4.69) is 20.4 Å². The predicted octanol–water partition coefficient (Wildman–Crippen LogP) is 2.44. The van der Waals surface area contributed by atoms with Gasteiger partial charge in [0.05, 0.1) is 19.3 Å². The number of halogens is 1. The lowest BCUT2D eigenvalue weighted by Gasteiger charge is -2.07. The highest BCUT2D eigenvalue weighted by Crippen LogP contribution is 2.21. The molecule has 0 aliphatic carbocycles. The molecular weight excluding hydrogens is 256 g/mol. The molecule has 1 N–H and O–H groups in total. The summed E-state index contributed by atoms with van der Waals surface area (Å²) in [5.74, 6) is 0.804. The fraction of sp³-hybridized carbons (Fsp3) is 0.364. The number of nitrogens with zero attached hydrogens (tertiary/aromatic N) is 3. The smallest absolute Gasteiger partial charge is 0.237 e. The van der Waals surface area contributed by atoms with Crippen molar-refractivity contribution >= 4 is 17.5 Å². The predicted molar refractivity (Wildman–Crippen MR) is 66.8 cm³/mol. The van der Waals surface area contributed by atoms with Gasteiger partial charge in [-0.05, 0) is 13.8 Å². The number of ether oxygens (including phenoxy) is 1. The summed E-state index contributed by atoms with van der Waals surface area (Å²) < 4.78 is 10.1. The molecule has 0 aliphatic heterocycles. The molecule has 0 saturated carbocycles. The number of anilines is 1. The van der Waals surface area contributed by atoms with E-state index in [4.69, 9.17) is 20.9 Å². The van der Waals surface area contributed by atoms with Crippen LogP contribution in [0.2, 0.25) is 5.02 Å². The van der Waals surface area contributed by atoms with Gasteiger partial charge in [0.15, 0.2) is 0 Å². The Morgan fingerprint density at radius 2 is 2.33 bits per heavy atom. The fourth-order valence-electron chi connectivity index (χ4n) is 1.32. The Hall–Kier alpha value is -1.82. The van der Waals surface area contributed by atoms with Crippen molar-refractivity contribution < 1.29 is 9.26 Å². The number of aryl methyl sites for hydroxylation is 1. The van der Waals surface area contributed by atoms with Gasteiger partial charge in [0.2, 0.25) is 11.8 Å². The average Bonchev–Trinajstić information content (AvgIpc) is 2.76. The van der Waals surface area contributed by atoms with E-state index >= 15 is 0 Å². The zero-order valence-corrected chi connectivity index (χ0v) is 10.9. The van der Waals surface area contributed by atoms with Gasteiger partial charge in [0, 0.05) is 5.56 Å². The second-order valence-corrected chi connectivity index (χ2v) is 3.98. The summed E-state index contributed by atoms with van der Waals surface area (Å²) in [5, 5.41) is 7.28. The van der Waals surface area contributed by atoms with Crippen LogP contribution >= 0.6 is 11.6 Å². The maximum Gasteiger partial charge on any atom is 0.237 e. The summed E-state index contributed by atoms with van der Waals surface area (Å²) in [5.41, 5.74) is 1.79. The largest absolute Gasteiger partial charge is 0.477 e. The summed E-state index contributed by atoms with van der Waals surface area (Å²) in [4.78, 5) is 8.21. The van der Waals surface area contributed by atoms with Crippen LogP contribution in [0.5, 0.6) is 5.88 Å². The Kier molecular flexibility index (Phi) is 3.99. The van der Waals surface area contributed by atoms with E-state index in [-0.39, 0.29) is 0 Å². The van der Waals surface area contributed by atoms with Gasteiger partial charge < -0.3 is 14.6 Å². The Bertz CT molecular complexity index is 530. The van der Waals surface area contributed by atoms with Crippen molar-refractivity contribution in [1.82, 2.24) is 15.1 Å². The van der Waals surface area contributed by atoms with Crippen LogP contribution in [0.15, 0.2) is 17.0 Å². The third-order valence-corrected chi connectivity index (χ3v) is 2.51. The van der Waals surface area contributed by atoms with E-state index in [1.165, 1.54) is 6.20 Å². The first kappa shape index (κ1) is 12.6. The maximum atomic E-state index is 5.89. The molecule has 0 saturated heterocycles. The van der Waals surface area contributed by atoms with Gasteiger partial charge in [0.25, 0.3) is 0 Å². The molecule has 2 rings (SSSR count). The molecule has 0 radical (unpaired) electrons. The standard InChI is InChI=1S/C11H13ClN4O2/c1-3-17-10-8(12)4-13-11(15-10)14-5-9-7(2)6-18-16-9/h4,6H,3,5H2,1-2H3,(H,13,14,15). The number of nitrogens with one attached hydrogen (secondary N) is 1. The molecule has 0 spiro atoms. The molecule has 0 aromatic carbocycles. The van der Waals surface area contributed by atoms with E-state index in [0.29, 0.717) is 30.0 Å². The molecule has 0 amide bonds. The monoisotopic (exact) mass is 268 g/mol. The lowest BCUT2D eigenvalue weighted by Crippen LogP contribution is -2.06. The minimum Gasteiger partial charge on any atom is -0.477 e. The van der Waals surface area contributed by atoms with Gasteiger partial charge >= 0.3 is 0 Å². The minimum absolute atomic E-state index is 0.369. The van der Waals surface area contributed by atoms with Crippen LogP contribution in [-0.4, -0.2) is 21.7 Å². The fourth-order valence-corrected chi connectivity index (χ4v) is 1.46. The summed E-state index contributed by atoms with van der Waals surface area (Å²) in [6.07, 6.45) is 3.09. The zero-order valence-electron chi connectivity index (χ0n) is 10.1. The van der Waals surface area contributed by atoms with Crippen molar-refractivity contribution in [2.75, 3.05) is 11.9 Å². The molecule has 7 heteroatoms. The molecule has 2 heterocycles. The minimum atomic E-state index is 0.369. The normalized spacial score (nSPS) is 10.4. The molecule has 6 nitrogen and oxygen atoms in total. The van der Waals surface area contributed by atoms with E-state index < -0.39 is 0 Å². The average molecular weight is 269 g/mol. The first-order valence-electron chi connectivity index (χ1n) is 5.49. The van der Waals surface area contributed by atoms with Crippen LogP contribution in [0.25, 0.3) is 0 Å². The van der Waals surface area contributed by atoms with Gasteiger partial charge in [-0.1, -0.05) is 16.8 Å². The first-order chi connectivity index (χ1) is 8.70. The van der Waals surface area contributed by atoms with Crippen LogP contribution in [0, 0.1) is 6.92 Å². The second kappa shape index (κ2) is 5.68. The van der Waals surface area contributed by atoms with Crippen molar-refractivity contribution in [3.63, 3.8) is 0 Å². The van der Waals surface area contributed by atoms with Crippen LogP contribution in [0.4, 0.5) is 5.95 Å². The third-order valence-electron chi connectivity index (χ3n) is 2.25. The van der Waals surface area contributed by atoms with Gasteiger partial charge in [-0.2, -0.15) is 4.98 Å². The van der Waals surface area contributed by atoms with Crippen LogP contribution in [0.1, 0.15) is 18.2 Å². The number of aromatic nitrogens is 3. The summed E-state index contributed by atoms with van der Waals surface area (Å²) in [6.45, 7) is 4.76. The number of hydrogen-bond acceptors (Lipinski definition) is 6. The van der Waals surface area contributed by atoms with Gasteiger partial charge in [-0.25, -0.2) is 4.98 Å². The first-order valence-corrected chi connectivity index (χ1v) is 5.87. The van der Waals surface area contributed by atoms with Crippen molar-refractivity contribution in [3.05, 3.63) is 28.7 Å². The quantitative estimate of drug-likeness (QED) is 0.898. The molecule has 0 bridgehead atoms. The zero-order chi connectivity index (χ0) is 13.0. The van der Waals surface area contributed by atoms with E-state index in [0.717, 1.165) is 11.3 Å². The second-order valence-electron chi connectivity index (χ2n) is 3.58. The molecule has 0 atom stereocenters. The van der Waals surface area contributed by atoms with E-state index in [1.807, 2.05) is 13.8 Å². The topological polar surface area (TPSA) is 73.1 Å². The number of hydrogen-bond donors (Lipinski definition) is 1. The van der Waals surface area contributed by atoms with Crippen molar-refractivity contribution in [2.24, 2.45) is 0 Å². The highest BCUT2D eigenvalue weighted by atomic mass is 35.5. The maximum absolute atomic E-state index is 5.89. The van der Waals surface area contributed by atoms with Crippen LogP contribution in [0.3, 0.4) is 0 Å². The molecule has 0 unspecified atom stereocenters. The van der Waals surface area contributed by atoms with Crippen molar-refractivity contribution in [1.29, 1.82) is 0 Å². The van der Waals surface area contributed by atoms with E-state index in [1.54, 1.807) is 6.26 Å². The Morgan fingerprint density at radius 1 is 1.50 bits per heavy atom. The molecule has 2 aromatic rings. The Balaban J connectivity index is 2.05. The molecule has 0 fully saturated rings. The van der Waals surface area contributed by atoms with Gasteiger partial charge in [-0.3, -0.25) is 0 Å². The highest BCUT2D eigenvalue weighted by molar-refractivity contribution is 6.31. The molecule has 96 valence electrons. The molecule has 18 heavy (non-hydrogen) atoms. The lowest BCUT2D eigenvalue weighted by molar-refractivity contribution is 0.327. The molecule has 2 aromatic heterocycles. The van der Waals surface area contributed by atoms with E-state index in [9.17, 15) is 0 Å². The summed E-state index contributed by atoms with van der Waals surface area (Å²) in [7, 11) is 0. The highest BCUT2D eigenvalue weighted by Gasteiger charge is 2.07. The molecular formula is C11H13ClN4O2. The SMILES string of the molecule is CCOc1nc(NCc2nocc2C)ncc1Cl.